The van der Waals surface area contributed by atoms with E-state index in [0.717, 1.165) is 31.5 Å². The summed E-state index contributed by atoms with van der Waals surface area (Å²) in [5.41, 5.74) is 9.37. The van der Waals surface area contributed by atoms with Gasteiger partial charge in [-0.15, -0.1) is 0 Å². The molecule has 3 unspecified atom stereocenters. The molecule has 0 bridgehead atoms. The van der Waals surface area contributed by atoms with Crippen LogP contribution in [0.5, 0.6) is 0 Å². The van der Waals surface area contributed by atoms with Gasteiger partial charge in [-0.3, -0.25) is 19.6 Å². The number of hydrogen-bond donors (Lipinski definition) is 2. The number of nitrogens with zero attached hydrogens (tertiary/aromatic N) is 5. The number of benzene rings is 1. The van der Waals surface area contributed by atoms with Crippen LogP contribution in [0.4, 0.5) is 4.39 Å². The van der Waals surface area contributed by atoms with E-state index < -0.39 is 17.9 Å². The minimum Gasteiger partial charge on any atom is -0.382 e. The Morgan fingerprint density at radius 3 is 2.79 bits per heavy atom. The smallest absolute Gasteiger partial charge is 0.256 e. The highest BCUT2D eigenvalue weighted by molar-refractivity contribution is 6.02. The van der Waals surface area contributed by atoms with Crippen LogP contribution in [0.15, 0.2) is 39.8 Å². The van der Waals surface area contributed by atoms with Crippen LogP contribution in [0, 0.1) is 11.7 Å². The first kappa shape index (κ1) is 24.2. The Bertz CT molecular complexity index is 1450. The third-order valence-corrected chi connectivity index (χ3v) is 8.76. The van der Waals surface area contributed by atoms with Gasteiger partial charge in [0.2, 0.25) is 5.91 Å². The van der Waals surface area contributed by atoms with Crippen LogP contribution in [0.3, 0.4) is 0 Å². The van der Waals surface area contributed by atoms with Crippen molar-refractivity contribution < 1.29 is 14.0 Å². The van der Waals surface area contributed by atoms with E-state index in [4.69, 9.17) is 10.7 Å². The Labute approximate surface area is 226 Å². The van der Waals surface area contributed by atoms with Crippen LogP contribution in [-0.2, 0) is 11.3 Å². The fraction of sp³-hybridized carbons (Fsp3) is 0.483. The van der Waals surface area contributed by atoms with Crippen molar-refractivity contribution in [3.05, 3.63) is 52.7 Å². The lowest BCUT2D eigenvalue weighted by atomic mass is 9.92. The number of amidine groups is 1. The summed E-state index contributed by atoms with van der Waals surface area (Å²) in [6, 6.07) is 4.88. The molecule has 5 aliphatic rings. The SMILES string of the molecule is NC1=NCCn2c(C3CCC4CCC(=O)N4C3)nc(-c3ccc(C(=O)NC4C=C(C5CC5)CC=N4)c(F)c3)c21. The number of carbonyl (C=O) groups is 2. The van der Waals surface area contributed by atoms with Crippen LogP contribution < -0.4 is 11.1 Å². The molecule has 4 aliphatic heterocycles. The summed E-state index contributed by atoms with van der Waals surface area (Å²) >= 11 is 0. The molecule has 0 radical (unpaired) electrons. The Kier molecular flexibility index (Phi) is 5.86. The maximum absolute atomic E-state index is 15.4. The molecule has 3 N–H and O–H groups in total. The Hall–Kier alpha value is -3.82. The van der Waals surface area contributed by atoms with Crippen LogP contribution in [0.25, 0.3) is 11.3 Å². The molecule has 9 nitrogen and oxygen atoms in total. The van der Waals surface area contributed by atoms with Crippen molar-refractivity contribution in [2.45, 2.75) is 69.6 Å². The number of rotatable bonds is 5. The van der Waals surface area contributed by atoms with Gasteiger partial charge < -0.3 is 20.5 Å². The molecule has 10 heteroatoms. The maximum atomic E-state index is 15.4. The first-order chi connectivity index (χ1) is 19.0. The van der Waals surface area contributed by atoms with Crippen LogP contribution >= 0.6 is 0 Å². The summed E-state index contributed by atoms with van der Waals surface area (Å²) in [5.74, 6) is 0.999. The minimum atomic E-state index is -0.631. The second-order valence-corrected chi connectivity index (χ2v) is 11.3. The predicted molar refractivity (Wildman–Crippen MR) is 145 cm³/mol. The third-order valence-electron chi connectivity index (χ3n) is 8.76. The number of allylic oxidation sites excluding steroid dienone is 1. The van der Waals surface area contributed by atoms with Crippen molar-refractivity contribution in [1.82, 2.24) is 19.8 Å². The second-order valence-electron chi connectivity index (χ2n) is 11.3. The summed E-state index contributed by atoms with van der Waals surface area (Å²) in [4.78, 5) is 41.1. The van der Waals surface area contributed by atoms with E-state index in [-0.39, 0.29) is 17.4 Å². The molecule has 5 heterocycles. The van der Waals surface area contributed by atoms with Crippen molar-refractivity contribution in [2.24, 2.45) is 21.6 Å². The summed E-state index contributed by atoms with van der Waals surface area (Å²) in [6.45, 7) is 1.82. The third kappa shape index (κ3) is 4.35. The summed E-state index contributed by atoms with van der Waals surface area (Å²) in [6.07, 6.45) is 9.98. The van der Waals surface area contributed by atoms with E-state index in [9.17, 15) is 9.59 Å². The fourth-order valence-electron chi connectivity index (χ4n) is 6.57. The molecule has 3 atom stereocenters. The van der Waals surface area contributed by atoms with Crippen LogP contribution in [0.1, 0.15) is 72.7 Å². The number of fused-ring (bicyclic) bond motifs is 2. The molecular weight excluding hydrogens is 497 g/mol. The van der Waals surface area contributed by atoms with E-state index in [1.54, 1.807) is 6.07 Å². The number of halogens is 1. The van der Waals surface area contributed by atoms with Crippen LogP contribution in [0.2, 0.25) is 0 Å². The van der Waals surface area contributed by atoms with E-state index in [2.05, 4.69) is 19.9 Å². The molecule has 2 amide bonds. The van der Waals surface area contributed by atoms with Gasteiger partial charge in [-0.2, -0.15) is 0 Å². The number of piperidine rings is 1. The summed E-state index contributed by atoms with van der Waals surface area (Å²) < 4.78 is 17.5. The fourth-order valence-corrected chi connectivity index (χ4v) is 6.57. The predicted octanol–water partition coefficient (Wildman–Crippen LogP) is 3.14. The number of imidazole rings is 1. The second kappa shape index (κ2) is 9.43. The van der Waals surface area contributed by atoms with Crippen molar-refractivity contribution >= 4 is 23.9 Å². The van der Waals surface area contributed by atoms with E-state index in [0.29, 0.717) is 60.8 Å². The molecule has 39 heavy (non-hydrogen) atoms. The monoisotopic (exact) mass is 529 g/mol. The Balaban J connectivity index is 1.17. The Morgan fingerprint density at radius 1 is 1.13 bits per heavy atom. The maximum Gasteiger partial charge on any atom is 0.256 e. The molecule has 3 fully saturated rings. The number of nitrogens with two attached hydrogens (primary N) is 1. The molecular formula is C29H32FN7O2. The van der Waals surface area contributed by atoms with Crippen LogP contribution in [-0.4, -0.2) is 63.6 Å². The zero-order valence-corrected chi connectivity index (χ0v) is 21.8. The van der Waals surface area contributed by atoms with E-state index in [1.165, 1.54) is 30.5 Å². The first-order valence-corrected chi connectivity index (χ1v) is 14.0. The zero-order chi connectivity index (χ0) is 26.7. The molecule has 2 aromatic rings. The van der Waals surface area contributed by atoms with Gasteiger partial charge in [0, 0.05) is 49.7 Å². The standard InChI is InChI=1S/C29H32FN7O2/c30-22-13-18(4-7-21(22)29(39)34-23-14-17(9-10-32-23)16-1-2-16)25-26-27(31)33-11-12-36(26)28(35-25)19-3-5-20-6-8-24(38)37(20)15-19/h4,7,10,13-14,16,19-20,23H,1-3,5-6,8-9,11-12,15H2,(H2,31,33)(H,34,39). The highest BCUT2D eigenvalue weighted by Crippen LogP contribution is 2.39. The normalized spacial score (nSPS) is 26.1. The van der Waals surface area contributed by atoms with Crippen molar-refractivity contribution in [3.63, 3.8) is 0 Å². The van der Waals surface area contributed by atoms with Crippen molar-refractivity contribution in [2.75, 3.05) is 13.1 Å². The number of hydrogen-bond acceptors (Lipinski definition) is 6. The van der Waals surface area contributed by atoms with Gasteiger partial charge in [0.25, 0.3) is 5.91 Å². The molecule has 1 saturated carbocycles. The van der Waals surface area contributed by atoms with Gasteiger partial charge in [0.05, 0.1) is 17.8 Å². The Morgan fingerprint density at radius 2 is 1.97 bits per heavy atom. The van der Waals surface area contributed by atoms with Gasteiger partial charge in [-0.05, 0) is 56.2 Å². The largest absolute Gasteiger partial charge is 0.382 e. The number of amides is 2. The molecule has 0 spiro atoms. The number of aromatic nitrogens is 2. The molecule has 2 saturated heterocycles. The lowest BCUT2D eigenvalue weighted by molar-refractivity contribution is -0.130. The van der Waals surface area contributed by atoms with Gasteiger partial charge in [0.1, 0.15) is 29.3 Å². The average Bonchev–Trinajstić information content (AvgIpc) is 3.62. The topological polar surface area (TPSA) is 118 Å². The van der Waals surface area contributed by atoms with Gasteiger partial charge in [-0.25, -0.2) is 9.37 Å². The number of nitrogens with one attached hydrogen (secondary N) is 1. The zero-order valence-electron chi connectivity index (χ0n) is 21.8. The molecule has 1 aliphatic carbocycles. The van der Waals surface area contributed by atoms with E-state index >= 15 is 4.39 Å². The molecule has 1 aromatic heterocycles. The molecule has 7 rings (SSSR count). The lowest BCUT2D eigenvalue weighted by Gasteiger charge is -2.35. The number of carbonyl (C=O) groups excluding carboxylic acids is 2. The summed E-state index contributed by atoms with van der Waals surface area (Å²) in [5, 5.41) is 2.83. The number of dihydropyridines is 1. The van der Waals surface area contributed by atoms with E-state index in [1.807, 2.05) is 17.2 Å². The molecule has 202 valence electrons. The van der Waals surface area contributed by atoms with Crippen molar-refractivity contribution in [3.8, 4) is 11.3 Å². The van der Waals surface area contributed by atoms with Crippen molar-refractivity contribution in [1.29, 1.82) is 0 Å². The highest BCUT2D eigenvalue weighted by atomic mass is 19.1. The van der Waals surface area contributed by atoms with Gasteiger partial charge >= 0.3 is 0 Å². The quantitative estimate of drug-likeness (QED) is 0.579. The van der Waals surface area contributed by atoms with Gasteiger partial charge in [0.15, 0.2) is 0 Å². The first-order valence-electron chi connectivity index (χ1n) is 14.0. The lowest BCUT2D eigenvalue weighted by Crippen LogP contribution is -2.41. The minimum absolute atomic E-state index is 0.0401. The highest BCUT2D eigenvalue weighted by Gasteiger charge is 2.39. The average molecular weight is 530 g/mol. The number of aliphatic imine (C=N–C) groups is 2. The summed E-state index contributed by atoms with van der Waals surface area (Å²) in [7, 11) is 0. The molecule has 1 aromatic carbocycles. The van der Waals surface area contributed by atoms with Gasteiger partial charge in [-0.1, -0.05) is 11.6 Å².